The van der Waals surface area contributed by atoms with Crippen molar-refractivity contribution in [2.75, 3.05) is 0 Å². The molecular weight excluding hydrogens is 335 g/mol. The first-order valence-corrected chi connectivity index (χ1v) is 6.65. The molecule has 0 saturated carbocycles. The highest BCUT2D eigenvalue weighted by Gasteiger charge is 2.88. The van der Waals surface area contributed by atoms with Crippen LogP contribution < -0.4 is 0 Å². The van der Waals surface area contributed by atoms with E-state index in [2.05, 4.69) is 0 Å². The van der Waals surface area contributed by atoms with Crippen molar-refractivity contribution in [1.29, 1.82) is 0 Å². The first kappa shape index (κ1) is 16.8. The van der Waals surface area contributed by atoms with Gasteiger partial charge >= 0.3 is 21.1 Å². The van der Waals surface area contributed by atoms with Crippen molar-refractivity contribution < 1.29 is 39.2 Å². The summed E-state index contributed by atoms with van der Waals surface area (Å²) in [5.74, 6) is -2.07. The molecule has 0 amide bonds. The summed E-state index contributed by atoms with van der Waals surface area (Å²) in [6.07, 6.45) is -3.28. The van der Waals surface area contributed by atoms with Gasteiger partial charge in [0.15, 0.2) is 0 Å². The van der Waals surface area contributed by atoms with Crippen molar-refractivity contribution in [1.82, 2.24) is 0 Å². The Morgan fingerprint density at radius 1 is 1.24 bits per heavy atom. The van der Waals surface area contributed by atoms with E-state index < -0.39 is 54.7 Å². The van der Waals surface area contributed by atoms with Crippen LogP contribution in [0.2, 0.25) is 0 Å². The van der Waals surface area contributed by atoms with Gasteiger partial charge in [-0.3, -0.25) is 20.2 Å². The van der Waals surface area contributed by atoms with E-state index in [1.54, 1.807) is 0 Å². The summed E-state index contributed by atoms with van der Waals surface area (Å²) in [5, 5.41) is 29.7. The standard InChI is InChI=1S/C7H5F5N2O6S/c8-21(9,10,11,12)7(14(19)20)2-1-4(6(15)16)5(3-7)13(17)18/h1-2H,3H2,(H,15,16). The molecule has 1 aliphatic carbocycles. The molecule has 1 N–H and O–H groups in total. The third-order valence-corrected chi connectivity index (χ3v) is 4.44. The Kier molecular flexibility index (Phi) is 2.95. The molecule has 0 saturated heterocycles. The largest absolute Gasteiger partial charge is 0.477 e. The predicted molar refractivity (Wildman–Crippen MR) is 58.3 cm³/mol. The van der Waals surface area contributed by atoms with Crippen LogP contribution in [-0.2, 0) is 4.79 Å². The summed E-state index contributed by atoms with van der Waals surface area (Å²) in [6, 6.07) is 0. The number of nitrogens with zero attached hydrogens (tertiary/aromatic N) is 2. The molecule has 0 aromatic rings. The third-order valence-electron chi connectivity index (χ3n) is 2.67. The van der Waals surface area contributed by atoms with Crippen LogP contribution in [0.4, 0.5) is 19.4 Å². The molecule has 1 aliphatic rings. The van der Waals surface area contributed by atoms with E-state index in [4.69, 9.17) is 5.11 Å². The SMILES string of the molecule is O=C(O)C1=C([N+](=O)[O-])CC([N+](=O)[O-])(S(F)(F)(F)(F)F)C=C1. The van der Waals surface area contributed by atoms with Crippen LogP contribution in [0.15, 0.2) is 23.4 Å². The van der Waals surface area contributed by atoms with Crippen LogP contribution in [0.5, 0.6) is 0 Å². The smallest absolute Gasteiger partial charge is 0.382 e. The molecule has 0 bridgehead atoms. The van der Waals surface area contributed by atoms with E-state index in [0.29, 0.717) is 0 Å². The fourth-order valence-corrected chi connectivity index (χ4v) is 2.61. The molecule has 120 valence electrons. The summed E-state index contributed by atoms with van der Waals surface area (Å²) in [6.45, 7) is 0. The fraction of sp³-hybridized carbons (Fsp3) is 0.286. The van der Waals surface area contributed by atoms with E-state index in [1.807, 2.05) is 0 Å². The molecule has 0 spiro atoms. The average molecular weight is 340 g/mol. The quantitative estimate of drug-likeness (QED) is 0.477. The first-order chi connectivity index (χ1) is 9.02. The number of halogens is 5. The van der Waals surface area contributed by atoms with Crippen molar-refractivity contribution in [3.05, 3.63) is 43.7 Å². The lowest BCUT2D eigenvalue weighted by Gasteiger charge is -2.47. The van der Waals surface area contributed by atoms with Crippen molar-refractivity contribution in [3.8, 4) is 0 Å². The van der Waals surface area contributed by atoms with Crippen LogP contribution in [0.1, 0.15) is 6.42 Å². The highest BCUT2D eigenvalue weighted by atomic mass is 32.5. The van der Waals surface area contributed by atoms with Crippen LogP contribution in [-0.4, -0.2) is 25.8 Å². The molecule has 14 heteroatoms. The fourth-order valence-electron chi connectivity index (χ4n) is 1.59. The van der Waals surface area contributed by atoms with E-state index in [9.17, 15) is 44.5 Å². The van der Waals surface area contributed by atoms with Crippen molar-refractivity contribution in [2.45, 2.75) is 11.3 Å². The topological polar surface area (TPSA) is 124 Å². The Morgan fingerprint density at radius 3 is 2.00 bits per heavy atom. The first-order valence-electron chi connectivity index (χ1n) is 4.70. The number of carboxylic acid groups (broad SMARTS) is 1. The number of hydrogen-bond donors (Lipinski definition) is 1. The lowest BCUT2D eigenvalue weighted by molar-refractivity contribution is -0.540. The van der Waals surface area contributed by atoms with Gasteiger partial charge in [-0.1, -0.05) is 19.4 Å². The summed E-state index contributed by atoms with van der Waals surface area (Å²) >= 11 is 0. The second-order valence-corrected chi connectivity index (χ2v) is 6.65. The maximum atomic E-state index is 12.9. The molecule has 0 fully saturated rings. The molecule has 0 radical (unpaired) electrons. The molecular formula is C7H5F5N2O6S. The van der Waals surface area contributed by atoms with Gasteiger partial charge < -0.3 is 5.11 Å². The van der Waals surface area contributed by atoms with Crippen LogP contribution in [0.25, 0.3) is 0 Å². The Bertz CT molecular complexity index is 625. The maximum Gasteiger partial charge on any atom is 0.382 e. The molecule has 1 rings (SSSR count). The molecule has 0 aromatic carbocycles. The number of rotatable bonds is 4. The average Bonchev–Trinajstić information content (AvgIpc) is 2.23. The minimum absolute atomic E-state index is 0.204. The molecule has 1 unspecified atom stereocenters. The Hall–Kier alpha value is -2.25. The lowest BCUT2D eigenvalue weighted by Crippen LogP contribution is -2.49. The zero-order valence-electron chi connectivity index (χ0n) is 9.54. The number of nitro groups is 2. The predicted octanol–water partition coefficient (Wildman–Crippen LogP) is 2.83. The second kappa shape index (κ2) is 3.69. The minimum atomic E-state index is -10.9. The van der Waals surface area contributed by atoms with Gasteiger partial charge in [0.1, 0.15) is 12.0 Å². The molecule has 0 aromatic heterocycles. The van der Waals surface area contributed by atoms with Gasteiger partial charge in [-0.05, 0) is 6.08 Å². The monoisotopic (exact) mass is 340 g/mol. The van der Waals surface area contributed by atoms with Gasteiger partial charge in [-0.25, -0.2) is 4.79 Å². The molecule has 1 atom stereocenters. The third kappa shape index (κ3) is 2.53. The van der Waals surface area contributed by atoms with Gasteiger partial charge in [0.05, 0.1) is 9.85 Å². The van der Waals surface area contributed by atoms with Gasteiger partial charge in [-0.2, -0.15) is 0 Å². The van der Waals surface area contributed by atoms with E-state index in [-0.39, 0.29) is 6.08 Å². The zero-order valence-corrected chi connectivity index (χ0v) is 10.4. The summed E-state index contributed by atoms with van der Waals surface area (Å²) < 4.78 is 64.4. The lowest BCUT2D eigenvalue weighted by atomic mass is 9.99. The summed E-state index contributed by atoms with van der Waals surface area (Å²) in [7, 11) is -10.9. The Morgan fingerprint density at radius 2 is 1.71 bits per heavy atom. The van der Waals surface area contributed by atoms with Gasteiger partial charge in [0.25, 0.3) is 5.70 Å². The molecule has 21 heavy (non-hydrogen) atoms. The highest BCUT2D eigenvalue weighted by molar-refractivity contribution is 8.46. The normalized spacial score (nSPS) is 26.0. The van der Waals surface area contributed by atoms with Gasteiger partial charge in [0, 0.05) is 6.08 Å². The van der Waals surface area contributed by atoms with Gasteiger partial charge in [-0.15, -0.1) is 0 Å². The van der Waals surface area contributed by atoms with E-state index in [0.717, 1.165) is 0 Å². The minimum Gasteiger partial charge on any atom is -0.477 e. The number of carbonyl (C=O) groups is 1. The van der Waals surface area contributed by atoms with Crippen molar-refractivity contribution in [2.24, 2.45) is 0 Å². The van der Waals surface area contributed by atoms with Crippen LogP contribution >= 0.6 is 10.2 Å². The van der Waals surface area contributed by atoms with Crippen LogP contribution in [0, 0.1) is 20.2 Å². The number of aliphatic carboxylic acids is 1. The van der Waals surface area contributed by atoms with Crippen molar-refractivity contribution >= 4 is 16.2 Å². The maximum absolute atomic E-state index is 12.9. The zero-order chi connectivity index (χ0) is 16.9. The van der Waals surface area contributed by atoms with E-state index >= 15 is 0 Å². The highest BCUT2D eigenvalue weighted by Crippen LogP contribution is 3.04. The van der Waals surface area contributed by atoms with Crippen molar-refractivity contribution in [3.63, 3.8) is 0 Å². The molecule has 0 heterocycles. The van der Waals surface area contributed by atoms with Crippen LogP contribution in [0.3, 0.4) is 0 Å². The number of carboxylic acids is 1. The second-order valence-electron chi connectivity index (χ2n) is 4.00. The van der Waals surface area contributed by atoms with Gasteiger partial charge in [0.2, 0.25) is 0 Å². The Balaban J connectivity index is 3.69. The summed E-state index contributed by atoms with van der Waals surface area (Å²) in [4.78, 5) is 22.6. The summed E-state index contributed by atoms with van der Waals surface area (Å²) in [5.41, 5.74) is -3.16. The molecule has 0 aliphatic heterocycles. The number of hydrogen-bond acceptors (Lipinski definition) is 5. The van der Waals surface area contributed by atoms with E-state index in [1.165, 1.54) is 0 Å². The Labute approximate surface area is 111 Å². The molecule has 8 nitrogen and oxygen atoms in total.